The zero-order valence-corrected chi connectivity index (χ0v) is 13.5. The second-order valence-electron chi connectivity index (χ2n) is 5.77. The van der Waals surface area contributed by atoms with Crippen molar-refractivity contribution in [2.24, 2.45) is 0 Å². The smallest absolute Gasteiger partial charge is 0.168 e. The van der Waals surface area contributed by atoms with Crippen LogP contribution in [-0.4, -0.2) is 14.8 Å². The first kappa shape index (κ1) is 15.0. The summed E-state index contributed by atoms with van der Waals surface area (Å²) in [5, 5.41) is 8.85. The maximum absolute atomic E-state index is 5.95. The van der Waals surface area contributed by atoms with Gasteiger partial charge in [-0.05, 0) is 36.4 Å². The summed E-state index contributed by atoms with van der Waals surface area (Å²) in [4.78, 5) is 0. The van der Waals surface area contributed by atoms with E-state index in [-0.39, 0.29) is 0 Å². The number of para-hydroxylation sites is 1. The summed E-state index contributed by atoms with van der Waals surface area (Å²) in [7, 11) is 0. The normalized spacial score (nSPS) is 10.7. The van der Waals surface area contributed by atoms with Crippen molar-refractivity contribution in [1.82, 2.24) is 14.8 Å². The summed E-state index contributed by atoms with van der Waals surface area (Å²) < 4.78 is 2.02. The fourth-order valence-corrected chi connectivity index (χ4v) is 2.84. The predicted octanol–water partition coefficient (Wildman–Crippen LogP) is 3.77. The number of benzene rings is 3. The van der Waals surface area contributed by atoms with E-state index >= 15 is 0 Å². The van der Waals surface area contributed by atoms with Gasteiger partial charge in [-0.1, -0.05) is 42.5 Å². The molecule has 3 aromatic carbocycles. The van der Waals surface area contributed by atoms with Crippen molar-refractivity contribution in [2.75, 3.05) is 11.5 Å². The Bertz CT molecular complexity index is 958. The molecule has 122 valence electrons. The van der Waals surface area contributed by atoms with E-state index in [2.05, 4.69) is 10.2 Å². The fourth-order valence-electron chi connectivity index (χ4n) is 2.84. The number of anilines is 2. The average molecular weight is 327 g/mol. The molecule has 0 saturated heterocycles. The summed E-state index contributed by atoms with van der Waals surface area (Å²) >= 11 is 0. The van der Waals surface area contributed by atoms with Crippen LogP contribution >= 0.6 is 0 Å². The van der Waals surface area contributed by atoms with Crippen LogP contribution in [-0.2, 0) is 0 Å². The molecule has 0 spiro atoms. The molecule has 1 heterocycles. The van der Waals surface area contributed by atoms with Crippen LogP contribution in [0.2, 0.25) is 0 Å². The summed E-state index contributed by atoms with van der Waals surface area (Å²) in [6.07, 6.45) is 0. The molecule has 0 aliphatic heterocycles. The van der Waals surface area contributed by atoms with Gasteiger partial charge in [0, 0.05) is 28.2 Å². The molecular formula is C20H17N5. The van der Waals surface area contributed by atoms with Gasteiger partial charge in [-0.2, -0.15) is 0 Å². The minimum Gasteiger partial charge on any atom is -0.399 e. The van der Waals surface area contributed by atoms with Crippen molar-refractivity contribution in [3.63, 3.8) is 0 Å². The predicted molar refractivity (Wildman–Crippen MR) is 101 cm³/mol. The van der Waals surface area contributed by atoms with Crippen LogP contribution in [0.3, 0.4) is 0 Å². The summed E-state index contributed by atoms with van der Waals surface area (Å²) in [5.41, 5.74) is 16.1. The lowest BCUT2D eigenvalue weighted by Gasteiger charge is -2.11. The molecule has 4 N–H and O–H groups in total. The van der Waals surface area contributed by atoms with Gasteiger partial charge in [0.15, 0.2) is 11.6 Å². The molecule has 0 saturated carbocycles. The van der Waals surface area contributed by atoms with Gasteiger partial charge < -0.3 is 11.5 Å². The van der Waals surface area contributed by atoms with Crippen molar-refractivity contribution in [2.45, 2.75) is 0 Å². The molecule has 0 fully saturated rings. The van der Waals surface area contributed by atoms with Gasteiger partial charge in [-0.15, -0.1) is 10.2 Å². The van der Waals surface area contributed by atoms with Crippen LogP contribution in [0.1, 0.15) is 0 Å². The van der Waals surface area contributed by atoms with Gasteiger partial charge in [0.05, 0.1) is 0 Å². The Balaban J connectivity index is 1.97. The molecule has 0 unspecified atom stereocenters. The lowest BCUT2D eigenvalue weighted by molar-refractivity contribution is 1.07. The number of nitrogens with two attached hydrogens (primary N) is 2. The van der Waals surface area contributed by atoms with Crippen LogP contribution in [0.4, 0.5) is 11.4 Å². The van der Waals surface area contributed by atoms with Gasteiger partial charge >= 0.3 is 0 Å². The highest BCUT2D eigenvalue weighted by molar-refractivity contribution is 5.70. The van der Waals surface area contributed by atoms with E-state index in [1.165, 1.54) is 0 Å². The van der Waals surface area contributed by atoms with Crippen LogP contribution in [0.15, 0.2) is 78.9 Å². The first-order chi connectivity index (χ1) is 12.2. The second-order valence-corrected chi connectivity index (χ2v) is 5.77. The second kappa shape index (κ2) is 6.13. The SMILES string of the molecule is Nc1cccc(-c2nnc(-c3cccc(N)c3)n2-c2ccccc2)c1. The van der Waals surface area contributed by atoms with Crippen LogP contribution in [0.25, 0.3) is 28.5 Å². The van der Waals surface area contributed by atoms with E-state index in [4.69, 9.17) is 11.5 Å². The molecule has 1 aromatic heterocycles. The number of aromatic nitrogens is 3. The van der Waals surface area contributed by atoms with E-state index in [9.17, 15) is 0 Å². The van der Waals surface area contributed by atoms with Crippen molar-refractivity contribution in [3.05, 3.63) is 78.9 Å². The minimum atomic E-state index is 0.686. The molecule has 0 amide bonds. The Morgan fingerprint density at radius 2 is 1.12 bits per heavy atom. The molecule has 5 heteroatoms. The van der Waals surface area contributed by atoms with Gasteiger partial charge in [-0.25, -0.2) is 0 Å². The molecule has 0 bridgehead atoms. The number of rotatable bonds is 3. The molecule has 0 atom stereocenters. The Morgan fingerprint density at radius 1 is 0.600 bits per heavy atom. The van der Waals surface area contributed by atoms with Crippen molar-refractivity contribution >= 4 is 11.4 Å². The zero-order valence-electron chi connectivity index (χ0n) is 13.5. The first-order valence-corrected chi connectivity index (χ1v) is 7.95. The molecular weight excluding hydrogens is 310 g/mol. The highest BCUT2D eigenvalue weighted by Crippen LogP contribution is 2.29. The molecule has 25 heavy (non-hydrogen) atoms. The van der Waals surface area contributed by atoms with Crippen molar-refractivity contribution in [3.8, 4) is 28.5 Å². The van der Waals surface area contributed by atoms with E-state index in [0.717, 1.165) is 28.5 Å². The standard InChI is InChI=1S/C20H17N5/c21-16-8-4-6-14(12-16)19-23-24-20(15-7-5-9-17(22)13-15)25(19)18-10-2-1-3-11-18/h1-13H,21-22H2. The lowest BCUT2D eigenvalue weighted by Crippen LogP contribution is -2.00. The number of nitrogens with zero attached hydrogens (tertiary/aromatic N) is 3. The summed E-state index contributed by atoms with van der Waals surface area (Å²) in [6.45, 7) is 0. The monoisotopic (exact) mass is 327 g/mol. The minimum absolute atomic E-state index is 0.686. The Kier molecular flexibility index (Phi) is 3.67. The highest BCUT2D eigenvalue weighted by atomic mass is 15.3. The summed E-state index contributed by atoms with van der Waals surface area (Å²) in [6, 6.07) is 25.3. The summed E-state index contributed by atoms with van der Waals surface area (Å²) in [5.74, 6) is 1.46. The Labute approximate surface area is 145 Å². The van der Waals surface area contributed by atoms with Gasteiger partial charge in [0.25, 0.3) is 0 Å². The molecule has 0 aliphatic rings. The van der Waals surface area contributed by atoms with Crippen LogP contribution in [0, 0.1) is 0 Å². The third-order valence-corrected chi connectivity index (χ3v) is 3.97. The number of hydrogen-bond donors (Lipinski definition) is 2. The fraction of sp³-hybridized carbons (Fsp3) is 0. The third kappa shape index (κ3) is 2.83. The van der Waals surface area contributed by atoms with Crippen LogP contribution in [0.5, 0.6) is 0 Å². The van der Waals surface area contributed by atoms with Gasteiger partial charge in [-0.3, -0.25) is 4.57 Å². The van der Waals surface area contributed by atoms with Crippen molar-refractivity contribution in [1.29, 1.82) is 0 Å². The maximum Gasteiger partial charge on any atom is 0.168 e. The van der Waals surface area contributed by atoms with E-state index in [1.807, 2.05) is 83.4 Å². The maximum atomic E-state index is 5.95. The Morgan fingerprint density at radius 3 is 1.60 bits per heavy atom. The zero-order chi connectivity index (χ0) is 17.2. The van der Waals surface area contributed by atoms with Crippen molar-refractivity contribution < 1.29 is 0 Å². The lowest BCUT2D eigenvalue weighted by atomic mass is 10.1. The van der Waals surface area contributed by atoms with Gasteiger partial charge in [0.2, 0.25) is 0 Å². The molecule has 5 nitrogen and oxygen atoms in total. The van der Waals surface area contributed by atoms with E-state index < -0.39 is 0 Å². The third-order valence-electron chi connectivity index (χ3n) is 3.97. The first-order valence-electron chi connectivity index (χ1n) is 7.95. The van der Waals surface area contributed by atoms with Gasteiger partial charge in [0.1, 0.15) is 0 Å². The average Bonchev–Trinajstić information content (AvgIpc) is 3.07. The topological polar surface area (TPSA) is 82.8 Å². The molecule has 0 aliphatic carbocycles. The van der Waals surface area contributed by atoms with Crippen LogP contribution < -0.4 is 11.5 Å². The van der Waals surface area contributed by atoms with E-state index in [1.54, 1.807) is 0 Å². The molecule has 4 rings (SSSR count). The molecule has 0 radical (unpaired) electrons. The quantitative estimate of drug-likeness (QED) is 0.561. The number of nitrogen functional groups attached to an aromatic ring is 2. The van der Waals surface area contributed by atoms with E-state index in [0.29, 0.717) is 11.4 Å². The number of hydrogen-bond acceptors (Lipinski definition) is 4. The molecule has 4 aromatic rings. The highest BCUT2D eigenvalue weighted by Gasteiger charge is 2.17. The Hall–Kier alpha value is -3.60. The largest absolute Gasteiger partial charge is 0.399 e.